The van der Waals surface area contributed by atoms with Gasteiger partial charge in [-0.3, -0.25) is 0 Å². The van der Waals surface area contributed by atoms with Gasteiger partial charge < -0.3 is 5.32 Å². The topological polar surface area (TPSA) is 42.7 Å². The maximum atomic E-state index is 6.14. The molecule has 4 aromatic rings. The standard InChI is InChI=1S/C26H27ClN4/c1-20(15-16-21-9-4-2-5-10-21)28-18-25-26(23-12-6-3-7-13-23)30-31(29-25)19-22-11-8-14-24(27)17-22/h2-14,17,20,28H,15-16,18-19H2,1H3/t20-/m1/s1. The van der Waals surface area contributed by atoms with Gasteiger partial charge in [0.2, 0.25) is 0 Å². The monoisotopic (exact) mass is 430 g/mol. The highest BCUT2D eigenvalue weighted by Crippen LogP contribution is 2.21. The Morgan fingerprint density at radius 1 is 0.871 bits per heavy atom. The molecule has 0 fully saturated rings. The van der Waals surface area contributed by atoms with Crippen LogP contribution in [0, 0.1) is 0 Å². The molecule has 0 spiro atoms. The molecular formula is C26H27ClN4. The van der Waals surface area contributed by atoms with Crippen molar-refractivity contribution in [1.82, 2.24) is 20.3 Å². The minimum Gasteiger partial charge on any atom is -0.309 e. The molecule has 1 heterocycles. The number of nitrogens with one attached hydrogen (secondary N) is 1. The second kappa shape index (κ2) is 10.4. The van der Waals surface area contributed by atoms with E-state index in [9.17, 15) is 0 Å². The second-order valence-corrected chi connectivity index (χ2v) is 8.26. The van der Waals surface area contributed by atoms with Crippen molar-refractivity contribution in [3.05, 3.63) is 107 Å². The maximum absolute atomic E-state index is 6.14. The van der Waals surface area contributed by atoms with Gasteiger partial charge in [0.25, 0.3) is 0 Å². The average molecular weight is 431 g/mol. The maximum Gasteiger partial charge on any atom is 0.117 e. The Hall–Kier alpha value is -2.95. The highest BCUT2D eigenvalue weighted by atomic mass is 35.5. The van der Waals surface area contributed by atoms with E-state index in [1.807, 2.05) is 42.5 Å². The summed E-state index contributed by atoms with van der Waals surface area (Å²) in [4.78, 5) is 1.76. The summed E-state index contributed by atoms with van der Waals surface area (Å²) in [6.07, 6.45) is 2.13. The van der Waals surface area contributed by atoms with Gasteiger partial charge in [-0.1, -0.05) is 84.4 Å². The minimum atomic E-state index is 0.377. The van der Waals surface area contributed by atoms with Crippen LogP contribution in [0.15, 0.2) is 84.9 Å². The van der Waals surface area contributed by atoms with Crippen molar-refractivity contribution in [3.8, 4) is 11.3 Å². The first-order valence-corrected chi connectivity index (χ1v) is 11.1. The Kier molecular flexibility index (Phi) is 7.13. The molecule has 158 valence electrons. The van der Waals surface area contributed by atoms with E-state index in [2.05, 4.69) is 54.7 Å². The number of benzene rings is 3. The van der Waals surface area contributed by atoms with Crippen molar-refractivity contribution in [3.63, 3.8) is 0 Å². The van der Waals surface area contributed by atoms with Crippen molar-refractivity contribution in [1.29, 1.82) is 0 Å². The van der Waals surface area contributed by atoms with E-state index in [-0.39, 0.29) is 0 Å². The first-order chi connectivity index (χ1) is 15.2. The zero-order valence-electron chi connectivity index (χ0n) is 17.7. The predicted octanol–water partition coefficient (Wildman–Crippen LogP) is 5.76. The molecule has 0 unspecified atom stereocenters. The number of hydrogen-bond acceptors (Lipinski definition) is 3. The highest BCUT2D eigenvalue weighted by Gasteiger charge is 2.14. The lowest BCUT2D eigenvalue weighted by Crippen LogP contribution is -2.26. The molecule has 4 nitrogen and oxygen atoms in total. The molecule has 0 saturated carbocycles. The van der Waals surface area contributed by atoms with Gasteiger partial charge >= 0.3 is 0 Å². The molecule has 0 aliphatic rings. The zero-order chi connectivity index (χ0) is 21.5. The number of halogens is 1. The van der Waals surface area contributed by atoms with Gasteiger partial charge in [0.15, 0.2) is 0 Å². The summed E-state index contributed by atoms with van der Waals surface area (Å²) < 4.78 is 0. The molecule has 0 aliphatic heterocycles. The van der Waals surface area contributed by atoms with Crippen molar-refractivity contribution in [2.24, 2.45) is 0 Å². The lowest BCUT2D eigenvalue weighted by Gasteiger charge is -2.13. The van der Waals surface area contributed by atoms with E-state index in [1.165, 1.54) is 5.56 Å². The van der Waals surface area contributed by atoms with Gasteiger partial charge in [-0.25, -0.2) is 0 Å². The molecule has 1 atom stereocenters. The van der Waals surface area contributed by atoms with Crippen LogP contribution in [0.25, 0.3) is 11.3 Å². The highest BCUT2D eigenvalue weighted by molar-refractivity contribution is 6.30. The smallest absolute Gasteiger partial charge is 0.117 e. The molecule has 4 rings (SSSR count). The SMILES string of the molecule is C[C@H](CCc1ccccc1)NCc1nn(Cc2cccc(Cl)c2)nc1-c1ccccc1. The fourth-order valence-electron chi connectivity index (χ4n) is 3.59. The Morgan fingerprint density at radius 3 is 2.32 bits per heavy atom. The Morgan fingerprint density at radius 2 is 1.58 bits per heavy atom. The molecule has 1 N–H and O–H groups in total. The van der Waals surface area contributed by atoms with Crippen LogP contribution in [0.1, 0.15) is 30.2 Å². The summed E-state index contributed by atoms with van der Waals surface area (Å²) in [6.45, 7) is 3.49. The van der Waals surface area contributed by atoms with Crippen molar-refractivity contribution in [2.45, 2.75) is 38.9 Å². The van der Waals surface area contributed by atoms with Crippen molar-refractivity contribution >= 4 is 11.6 Å². The van der Waals surface area contributed by atoms with Gasteiger partial charge in [0.05, 0.1) is 6.54 Å². The van der Waals surface area contributed by atoms with Gasteiger partial charge in [0, 0.05) is 23.2 Å². The summed E-state index contributed by atoms with van der Waals surface area (Å²) in [7, 11) is 0. The number of aryl methyl sites for hydroxylation is 1. The van der Waals surface area contributed by atoms with E-state index in [1.54, 1.807) is 4.80 Å². The molecule has 5 heteroatoms. The minimum absolute atomic E-state index is 0.377. The lowest BCUT2D eigenvalue weighted by molar-refractivity contribution is 0.503. The summed E-state index contributed by atoms with van der Waals surface area (Å²) in [6, 6.07) is 29.1. The Balaban J connectivity index is 1.46. The average Bonchev–Trinajstić information content (AvgIpc) is 3.20. The van der Waals surface area contributed by atoms with Crippen LogP contribution >= 0.6 is 11.6 Å². The normalized spacial score (nSPS) is 12.1. The Bertz CT molecular complexity index is 1090. The van der Waals surface area contributed by atoms with E-state index in [0.717, 1.165) is 40.4 Å². The van der Waals surface area contributed by atoms with E-state index >= 15 is 0 Å². The summed E-state index contributed by atoms with van der Waals surface area (Å²) in [5.41, 5.74) is 5.41. The van der Waals surface area contributed by atoms with Crippen molar-refractivity contribution in [2.75, 3.05) is 0 Å². The summed E-state index contributed by atoms with van der Waals surface area (Å²) >= 11 is 6.14. The van der Waals surface area contributed by atoms with Crippen LogP contribution in [-0.4, -0.2) is 21.0 Å². The quantitative estimate of drug-likeness (QED) is 0.367. The van der Waals surface area contributed by atoms with Crippen LogP contribution in [0.2, 0.25) is 5.02 Å². The second-order valence-electron chi connectivity index (χ2n) is 7.83. The van der Waals surface area contributed by atoms with Crippen LogP contribution < -0.4 is 5.32 Å². The van der Waals surface area contributed by atoms with Crippen LogP contribution in [0.4, 0.5) is 0 Å². The zero-order valence-corrected chi connectivity index (χ0v) is 18.5. The molecule has 3 aromatic carbocycles. The molecule has 0 saturated heterocycles. The molecule has 0 radical (unpaired) electrons. The van der Waals surface area contributed by atoms with Gasteiger partial charge in [-0.05, 0) is 43.0 Å². The van der Waals surface area contributed by atoms with Gasteiger partial charge in [0.1, 0.15) is 11.4 Å². The van der Waals surface area contributed by atoms with E-state index in [4.69, 9.17) is 21.8 Å². The van der Waals surface area contributed by atoms with Crippen LogP contribution in [0.5, 0.6) is 0 Å². The summed E-state index contributed by atoms with van der Waals surface area (Å²) in [5, 5.41) is 14.0. The Labute approximate surface area is 188 Å². The third kappa shape index (κ3) is 6.03. The van der Waals surface area contributed by atoms with E-state index in [0.29, 0.717) is 19.1 Å². The van der Waals surface area contributed by atoms with Crippen molar-refractivity contribution < 1.29 is 0 Å². The van der Waals surface area contributed by atoms with Gasteiger partial charge in [-0.2, -0.15) is 15.0 Å². The van der Waals surface area contributed by atoms with E-state index < -0.39 is 0 Å². The fourth-order valence-corrected chi connectivity index (χ4v) is 3.80. The molecule has 0 amide bonds. The molecular weight excluding hydrogens is 404 g/mol. The molecule has 1 aromatic heterocycles. The summed E-state index contributed by atoms with van der Waals surface area (Å²) in [5.74, 6) is 0. The number of hydrogen-bond donors (Lipinski definition) is 1. The largest absolute Gasteiger partial charge is 0.309 e. The third-order valence-corrected chi connectivity index (χ3v) is 5.55. The predicted molar refractivity (Wildman–Crippen MR) is 127 cm³/mol. The van der Waals surface area contributed by atoms with Crippen LogP contribution in [0.3, 0.4) is 0 Å². The number of rotatable bonds is 9. The molecule has 31 heavy (non-hydrogen) atoms. The number of aromatic nitrogens is 3. The third-order valence-electron chi connectivity index (χ3n) is 5.31. The first kappa shape index (κ1) is 21.3. The molecule has 0 aliphatic carbocycles. The van der Waals surface area contributed by atoms with Gasteiger partial charge in [-0.15, -0.1) is 0 Å². The lowest BCUT2D eigenvalue weighted by atomic mass is 10.1. The first-order valence-electron chi connectivity index (χ1n) is 10.7. The molecule has 0 bridgehead atoms. The fraction of sp³-hybridized carbons (Fsp3) is 0.231. The van der Waals surface area contributed by atoms with Crippen LogP contribution in [-0.2, 0) is 19.5 Å². The number of nitrogens with zero attached hydrogens (tertiary/aromatic N) is 3.